The maximum atomic E-state index is 13.3. The van der Waals surface area contributed by atoms with Crippen molar-refractivity contribution in [3.05, 3.63) is 59.8 Å². The SMILES string of the molecule is COc1cccc2[nH]c(C(=O)N[C@@H](CC(C)C)C(=O)CN(C#N)CC3C(=O)Nc4ccccc43)cc12. The van der Waals surface area contributed by atoms with Gasteiger partial charge in [0.15, 0.2) is 12.0 Å². The summed E-state index contributed by atoms with van der Waals surface area (Å²) in [4.78, 5) is 43.1. The van der Waals surface area contributed by atoms with Crippen LogP contribution in [0.1, 0.15) is 42.2 Å². The number of nitrogens with zero attached hydrogens (tertiary/aromatic N) is 2. The minimum absolute atomic E-state index is 0.0786. The minimum atomic E-state index is -0.786. The smallest absolute Gasteiger partial charge is 0.268 e. The van der Waals surface area contributed by atoms with Gasteiger partial charge in [0.2, 0.25) is 5.91 Å². The Kier molecular flexibility index (Phi) is 7.25. The van der Waals surface area contributed by atoms with Gasteiger partial charge in [-0.15, -0.1) is 0 Å². The summed E-state index contributed by atoms with van der Waals surface area (Å²) in [6.07, 6.45) is 2.45. The van der Waals surface area contributed by atoms with E-state index in [0.29, 0.717) is 17.9 Å². The van der Waals surface area contributed by atoms with Crippen LogP contribution in [0.3, 0.4) is 0 Å². The summed E-state index contributed by atoms with van der Waals surface area (Å²) in [6.45, 7) is 3.79. The van der Waals surface area contributed by atoms with Gasteiger partial charge < -0.3 is 25.3 Å². The summed E-state index contributed by atoms with van der Waals surface area (Å²) in [5, 5.41) is 16.1. The predicted molar refractivity (Wildman–Crippen MR) is 136 cm³/mol. The summed E-state index contributed by atoms with van der Waals surface area (Å²) >= 11 is 0. The molecular formula is C27H29N5O4. The number of para-hydroxylation sites is 1. The number of methoxy groups -OCH3 is 1. The van der Waals surface area contributed by atoms with E-state index in [1.807, 2.05) is 62.5 Å². The van der Waals surface area contributed by atoms with Crippen molar-refractivity contribution >= 4 is 34.2 Å². The number of carbonyl (C=O) groups is 3. The molecule has 2 heterocycles. The Labute approximate surface area is 209 Å². The Morgan fingerprint density at radius 2 is 1.97 bits per heavy atom. The Hall–Kier alpha value is -4.32. The van der Waals surface area contributed by atoms with E-state index >= 15 is 0 Å². The lowest BCUT2D eigenvalue weighted by atomic mass is 9.98. The molecule has 3 N–H and O–H groups in total. The molecule has 0 fully saturated rings. The van der Waals surface area contributed by atoms with Crippen molar-refractivity contribution in [1.82, 2.24) is 15.2 Å². The van der Waals surface area contributed by atoms with Crippen LogP contribution in [-0.2, 0) is 9.59 Å². The molecule has 4 rings (SSSR count). The molecule has 0 radical (unpaired) electrons. The van der Waals surface area contributed by atoms with Crippen molar-refractivity contribution in [3.8, 4) is 11.9 Å². The van der Waals surface area contributed by atoms with Gasteiger partial charge in [0.1, 0.15) is 11.4 Å². The summed E-state index contributed by atoms with van der Waals surface area (Å²) < 4.78 is 5.36. The molecule has 3 aromatic rings. The Balaban J connectivity index is 1.47. The number of Topliss-reactive ketones (excluding diaryl/α,β-unsaturated/α-hetero) is 1. The maximum absolute atomic E-state index is 13.3. The Bertz CT molecular complexity index is 1340. The van der Waals surface area contributed by atoms with Gasteiger partial charge in [0, 0.05) is 23.1 Å². The van der Waals surface area contributed by atoms with Gasteiger partial charge in [0.25, 0.3) is 5.91 Å². The topological polar surface area (TPSA) is 127 Å². The van der Waals surface area contributed by atoms with E-state index < -0.39 is 17.9 Å². The second kappa shape index (κ2) is 10.5. The number of fused-ring (bicyclic) bond motifs is 2. The molecule has 1 unspecified atom stereocenters. The number of ketones is 1. The van der Waals surface area contributed by atoms with Crippen molar-refractivity contribution in [2.24, 2.45) is 5.92 Å². The highest BCUT2D eigenvalue weighted by molar-refractivity contribution is 6.03. The van der Waals surface area contributed by atoms with Crippen LogP contribution in [0.2, 0.25) is 0 Å². The highest BCUT2D eigenvalue weighted by atomic mass is 16.5. The number of hydrogen-bond donors (Lipinski definition) is 3. The highest BCUT2D eigenvalue weighted by Gasteiger charge is 2.33. The lowest BCUT2D eigenvalue weighted by Crippen LogP contribution is -2.46. The van der Waals surface area contributed by atoms with Crippen LogP contribution in [0, 0.1) is 17.4 Å². The summed E-state index contributed by atoms with van der Waals surface area (Å²) in [6, 6.07) is 13.7. The number of aromatic nitrogens is 1. The zero-order chi connectivity index (χ0) is 25.8. The van der Waals surface area contributed by atoms with Gasteiger partial charge in [-0.1, -0.05) is 38.1 Å². The van der Waals surface area contributed by atoms with E-state index in [-0.39, 0.29) is 30.7 Å². The van der Waals surface area contributed by atoms with Crippen LogP contribution in [0.25, 0.3) is 10.9 Å². The molecule has 2 aromatic carbocycles. The quantitative estimate of drug-likeness (QED) is 0.297. The first kappa shape index (κ1) is 24.8. The number of carbonyl (C=O) groups excluding carboxylic acids is 3. The lowest BCUT2D eigenvalue weighted by molar-refractivity contribution is -0.122. The van der Waals surface area contributed by atoms with Gasteiger partial charge in [-0.2, -0.15) is 5.26 Å². The number of benzene rings is 2. The van der Waals surface area contributed by atoms with Crippen LogP contribution in [0.15, 0.2) is 48.5 Å². The molecule has 9 nitrogen and oxygen atoms in total. The first-order valence-electron chi connectivity index (χ1n) is 11.8. The van der Waals surface area contributed by atoms with Gasteiger partial charge >= 0.3 is 0 Å². The molecule has 0 saturated heterocycles. The van der Waals surface area contributed by atoms with E-state index in [4.69, 9.17) is 4.74 Å². The fraction of sp³-hybridized carbons (Fsp3) is 0.333. The molecule has 1 aromatic heterocycles. The number of nitrogens with one attached hydrogen (secondary N) is 3. The standard InChI is InChI=1S/C27H29N5O4/c1-16(2)11-22(31-27(35)23-12-18-21(29-23)9-6-10-25(18)36-3)24(33)14-32(15-28)13-19-17-7-4-5-8-20(17)30-26(19)34/h4-10,12,16,19,22,29H,11,13-14H2,1-3H3,(H,30,34)(H,31,35)/t19?,22-/m0/s1. The zero-order valence-electron chi connectivity index (χ0n) is 20.5. The number of nitriles is 1. The third kappa shape index (κ3) is 5.18. The second-order valence-electron chi connectivity index (χ2n) is 9.34. The van der Waals surface area contributed by atoms with E-state index in [2.05, 4.69) is 15.6 Å². The molecule has 0 bridgehead atoms. The Morgan fingerprint density at radius 3 is 2.69 bits per heavy atom. The molecule has 9 heteroatoms. The van der Waals surface area contributed by atoms with Gasteiger partial charge in [0.05, 0.1) is 25.6 Å². The van der Waals surface area contributed by atoms with Gasteiger partial charge in [-0.25, -0.2) is 0 Å². The largest absolute Gasteiger partial charge is 0.496 e. The Morgan fingerprint density at radius 1 is 1.19 bits per heavy atom. The number of rotatable bonds is 10. The third-order valence-corrected chi connectivity index (χ3v) is 6.29. The third-order valence-electron chi connectivity index (χ3n) is 6.29. The average Bonchev–Trinajstić information content (AvgIpc) is 3.43. The molecule has 1 aliphatic rings. The first-order chi connectivity index (χ1) is 17.3. The fourth-order valence-electron chi connectivity index (χ4n) is 4.52. The molecule has 1 aliphatic heterocycles. The van der Waals surface area contributed by atoms with Crippen molar-refractivity contribution < 1.29 is 19.1 Å². The molecule has 2 atom stereocenters. The molecule has 0 saturated carbocycles. The van der Waals surface area contributed by atoms with Crippen molar-refractivity contribution in [2.75, 3.05) is 25.5 Å². The number of amides is 2. The van der Waals surface area contributed by atoms with Crippen LogP contribution in [0.4, 0.5) is 5.69 Å². The minimum Gasteiger partial charge on any atom is -0.496 e. The van der Waals surface area contributed by atoms with E-state index in [1.165, 1.54) is 4.90 Å². The number of H-pyrrole nitrogens is 1. The van der Waals surface area contributed by atoms with E-state index in [0.717, 1.165) is 22.2 Å². The summed E-state index contributed by atoms with van der Waals surface area (Å²) in [5.74, 6) is -0.693. The van der Waals surface area contributed by atoms with Crippen molar-refractivity contribution in [3.63, 3.8) is 0 Å². The van der Waals surface area contributed by atoms with E-state index in [1.54, 1.807) is 13.2 Å². The van der Waals surface area contributed by atoms with Crippen LogP contribution in [-0.4, -0.2) is 53.7 Å². The summed E-state index contributed by atoms with van der Waals surface area (Å²) in [7, 11) is 1.56. The molecular weight excluding hydrogens is 458 g/mol. The van der Waals surface area contributed by atoms with Crippen molar-refractivity contribution in [2.45, 2.75) is 32.2 Å². The maximum Gasteiger partial charge on any atom is 0.268 e. The summed E-state index contributed by atoms with van der Waals surface area (Å²) in [5.41, 5.74) is 2.58. The average molecular weight is 488 g/mol. The number of anilines is 1. The molecule has 2 amide bonds. The molecule has 0 spiro atoms. The van der Waals surface area contributed by atoms with Crippen LogP contribution < -0.4 is 15.4 Å². The van der Waals surface area contributed by atoms with E-state index in [9.17, 15) is 19.6 Å². The highest BCUT2D eigenvalue weighted by Crippen LogP contribution is 2.32. The molecule has 0 aliphatic carbocycles. The first-order valence-corrected chi connectivity index (χ1v) is 11.8. The van der Waals surface area contributed by atoms with Gasteiger partial charge in [-0.3, -0.25) is 14.4 Å². The monoisotopic (exact) mass is 487 g/mol. The fourth-order valence-corrected chi connectivity index (χ4v) is 4.52. The number of hydrogen-bond acceptors (Lipinski definition) is 6. The lowest BCUT2D eigenvalue weighted by Gasteiger charge is -2.23. The second-order valence-corrected chi connectivity index (χ2v) is 9.34. The van der Waals surface area contributed by atoms with Gasteiger partial charge in [-0.05, 0) is 42.2 Å². The van der Waals surface area contributed by atoms with Crippen molar-refractivity contribution in [1.29, 1.82) is 5.26 Å². The van der Waals surface area contributed by atoms with Crippen LogP contribution >= 0.6 is 0 Å². The molecule has 186 valence electrons. The van der Waals surface area contributed by atoms with Crippen LogP contribution in [0.5, 0.6) is 5.75 Å². The number of ether oxygens (including phenoxy) is 1. The predicted octanol–water partition coefficient (Wildman–Crippen LogP) is 3.41. The zero-order valence-corrected chi connectivity index (χ0v) is 20.5. The number of aromatic amines is 1. The normalized spacial score (nSPS) is 15.2. The molecule has 36 heavy (non-hydrogen) atoms.